The Bertz CT molecular complexity index is 822. The molecule has 0 N–H and O–H groups in total. The summed E-state index contributed by atoms with van der Waals surface area (Å²) in [5, 5.41) is 0. The fraction of sp³-hybridized carbons (Fsp3) is 0.400. The maximum atomic E-state index is 11.1. The van der Waals surface area contributed by atoms with Gasteiger partial charge in [-0.2, -0.15) is 8.42 Å². The van der Waals surface area contributed by atoms with Crippen LogP contribution in [0.2, 0.25) is 0 Å². The van der Waals surface area contributed by atoms with E-state index >= 15 is 0 Å². The molecule has 0 fully saturated rings. The second kappa shape index (κ2) is 8.99. The zero-order chi connectivity index (χ0) is 19.9. The lowest BCUT2D eigenvalue weighted by atomic mass is 10.2. The SMILES string of the molecule is CC(C)(C)Oc1cccc(OCCCOc2ccc(OS(C)(=O)=O)cc2)c1. The molecule has 27 heavy (non-hydrogen) atoms. The van der Waals surface area contributed by atoms with E-state index in [4.69, 9.17) is 18.4 Å². The lowest BCUT2D eigenvalue weighted by Gasteiger charge is -2.21. The standard InChI is InChI=1S/C20H26O6S/c1-20(2,3)25-19-8-5-7-18(15-19)24-14-6-13-23-16-9-11-17(12-10-16)26-27(4,21)22/h5,7-12,15H,6,13-14H2,1-4H3. The molecule has 2 aromatic rings. The molecule has 7 heteroatoms. The first-order chi connectivity index (χ1) is 12.6. The van der Waals surface area contributed by atoms with E-state index < -0.39 is 10.1 Å². The van der Waals surface area contributed by atoms with Crippen LogP contribution in [0.5, 0.6) is 23.0 Å². The molecule has 0 aromatic heterocycles. The summed E-state index contributed by atoms with van der Waals surface area (Å²) in [4.78, 5) is 0. The summed E-state index contributed by atoms with van der Waals surface area (Å²) in [6, 6.07) is 14.0. The number of rotatable bonds is 9. The van der Waals surface area contributed by atoms with Crippen LogP contribution in [0.25, 0.3) is 0 Å². The van der Waals surface area contributed by atoms with Gasteiger partial charge in [-0.15, -0.1) is 0 Å². The van der Waals surface area contributed by atoms with Gasteiger partial charge in [0.05, 0.1) is 19.5 Å². The molecule has 0 aliphatic carbocycles. The second-order valence-electron chi connectivity index (χ2n) is 7.00. The fourth-order valence-corrected chi connectivity index (χ4v) is 2.65. The minimum absolute atomic E-state index is 0.255. The quantitative estimate of drug-likeness (QED) is 0.472. The van der Waals surface area contributed by atoms with Gasteiger partial charge in [-0.1, -0.05) is 6.07 Å². The van der Waals surface area contributed by atoms with Gasteiger partial charge in [0.25, 0.3) is 0 Å². The Morgan fingerprint density at radius 3 is 1.96 bits per heavy atom. The van der Waals surface area contributed by atoms with Crippen molar-refractivity contribution in [1.29, 1.82) is 0 Å². The van der Waals surface area contributed by atoms with Crippen LogP contribution in [0.3, 0.4) is 0 Å². The Morgan fingerprint density at radius 2 is 1.37 bits per heavy atom. The van der Waals surface area contributed by atoms with Crippen molar-refractivity contribution in [3.63, 3.8) is 0 Å². The second-order valence-corrected chi connectivity index (χ2v) is 8.57. The van der Waals surface area contributed by atoms with E-state index in [1.807, 2.05) is 45.0 Å². The predicted molar refractivity (Wildman–Crippen MR) is 104 cm³/mol. The van der Waals surface area contributed by atoms with Gasteiger partial charge in [0.1, 0.15) is 28.6 Å². The Morgan fingerprint density at radius 1 is 0.815 bits per heavy atom. The number of benzene rings is 2. The van der Waals surface area contributed by atoms with Gasteiger partial charge in [-0.25, -0.2) is 0 Å². The van der Waals surface area contributed by atoms with E-state index in [2.05, 4.69) is 0 Å². The van der Waals surface area contributed by atoms with Gasteiger partial charge in [0.2, 0.25) is 0 Å². The van der Waals surface area contributed by atoms with Gasteiger partial charge in [0, 0.05) is 12.5 Å². The van der Waals surface area contributed by atoms with Crippen LogP contribution in [0.15, 0.2) is 48.5 Å². The molecule has 0 unspecified atom stereocenters. The van der Waals surface area contributed by atoms with Crippen molar-refractivity contribution in [1.82, 2.24) is 0 Å². The van der Waals surface area contributed by atoms with Crippen LogP contribution >= 0.6 is 0 Å². The average Bonchev–Trinajstić information content (AvgIpc) is 2.53. The minimum Gasteiger partial charge on any atom is -0.493 e. The van der Waals surface area contributed by atoms with E-state index in [1.54, 1.807) is 24.3 Å². The van der Waals surface area contributed by atoms with E-state index in [-0.39, 0.29) is 11.4 Å². The molecule has 0 aliphatic rings. The summed E-state index contributed by atoms with van der Waals surface area (Å²) in [6.07, 6.45) is 1.70. The van der Waals surface area contributed by atoms with Crippen LogP contribution in [0, 0.1) is 0 Å². The Kier molecular flexibility index (Phi) is 6.96. The summed E-state index contributed by atoms with van der Waals surface area (Å²) in [5.74, 6) is 2.41. The summed E-state index contributed by atoms with van der Waals surface area (Å²) < 4.78 is 44.0. The lowest BCUT2D eigenvalue weighted by Crippen LogP contribution is -2.22. The third-order valence-electron chi connectivity index (χ3n) is 3.13. The molecule has 6 nitrogen and oxygen atoms in total. The molecular weight excluding hydrogens is 368 g/mol. The zero-order valence-corrected chi connectivity index (χ0v) is 16.9. The molecule has 2 aromatic carbocycles. The predicted octanol–water partition coefficient (Wildman–Crippen LogP) is 4.05. The highest BCUT2D eigenvalue weighted by molar-refractivity contribution is 7.86. The molecule has 2 rings (SSSR count). The van der Waals surface area contributed by atoms with Gasteiger partial charge in [-0.05, 0) is 57.2 Å². The largest absolute Gasteiger partial charge is 0.493 e. The highest BCUT2D eigenvalue weighted by Gasteiger charge is 2.12. The van der Waals surface area contributed by atoms with Crippen molar-refractivity contribution in [2.24, 2.45) is 0 Å². The van der Waals surface area contributed by atoms with Crippen molar-refractivity contribution < 1.29 is 26.8 Å². The molecule has 0 heterocycles. The number of ether oxygens (including phenoxy) is 3. The lowest BCUT2D eigenvalue weighted by molar-refractivity contribution is 0.130. The first-order valence-corrected chi connectivity index (χ1v) is 10.5. The van der Waals surface area contributed by atoms with E-state index in [0.717, 1.165) is 17.8 Å². The summed E-state index contributed by atoms with van der Waals surface area (Å²) in [7, 11) is -3.52. The normalized spacial score (nSPS) is 11.7. The summed E-state index contributed by atoms with van der Waals surface area (Å²) in [6.45, 7) is 6.98. The van der Waals surface area contributed by atoms with E-state index in [1.165, 1.54) is 0 Å². The third kappa shape index (κ3) is 8.68. The van der Waals surface area contributed by atoms with Crippen LogP contribution in [0.1, 0.15) is 27.2 Å². The fourth-order valence-electron chi connectivity index (χ4n) is 2.19. The number of hydrogen-bond donors (Lipinski definition) is 0. The molecule has 148 valence electrons. The molecule has 0 saturated heterocycles. The van der Waals surface area contributed by atoms with Crippen molar-refractivity contribution in [2.45, 2.75) is 32.8 Å². The van der Waals surface area contributed by atoms with Crippen molar-refractivity contribution in [3.05, 3.63) is 48.5 Å². The molecule has 0 aliphatic heterocycles. The molecule has 0 radical (unpaired) electrons. The van der Waals surface area contributed by atoms with Crippen molar-refractivity contribution in [3.8, 4) is 23.0 Å². The smallest absolute Gasteiger partial charge is 0.306 e. The molecule has 0 amide bonds. The van der Waals surface area contributed by atoms with Crippen molar-refractivity contribution in [2.75, 3.05) is 19.5 Å². The van der Waals surface area contributed by atoms with Gasteiger partial charge < -0.3 is 18.4 Å². The Hall–Kier alpha value is -2.41. The van der Waals surface area contributed by atoms with Gasteiger partial charge >= 0.3 is 10.1 Å². The highest BCUT2D eigenvalue weighted by atomic mass is 32.2. The Balaban J connectivity index is 1.72. The molecule has 0 spiro atoms. The highest BCUT2D eigenvalue weighted by Crippen LogP contribution is 2.23. The molecule has 0 saturated carbocycles. The molecule has 0 atom stereocenters. The summed E-state index contributed by atoms with van der Waals surface area (Å²) >= 11 is 0. The third-order valence-corrected chi connectivity index (χ3v) is 3.62. The zero-order valence-electron chi connectivity index (χ0n) is 16.1. The maximum absolute atomic E-state index is 11.1. The molecular formula is C20H26O6S. The summed E-state index contributed by atoms with van der Waals surface area (Å²) in [5.41, 5.74) is -0.256. The molecule has 0 bridgehead atoms. The van der Waals surface area contributed by atoms with Gasteiger partial charge in [0.15, 0.2) is 0 Å². The maximum Gasteiger partial charge on any atom is 0.306 e. The number of hydrogen-bond acceptors (Lipinski definition) is 6. The topological polar surface area (TPSA) is 71.1 Å². The Labute approximate surface area is 161 Å². The van der Waals surface area contributed by atoms with E-state index in [9.17, 15) is 8.42 Å². The van der Waals surface area contributed by atoms with Gasteiger partial charge in [-0.3, -0.25) is 0 Å². The van der Waals surface area contributed by atoms with Crippen LogP contribution < -0.4 is 18.4 Å². The van der Waals surface area contributed by atoms with Crippen LogP contribution in [-0.2, 0) is 10.1 Å². The average molecular weight is 394 g/mol. The first kappa shape index (κ1) is 20.9. The van der Waals surface area contributed by atoms with Crippen molar-refractivity contribution >= 4 is 10.1 Å². The van der Waals surface area contributed by atoms with E-state index in [0.29, 0.717) is 25.4 Å². The first-order valence-electron chi connectivity index (χ1n) is 8.65. The monoisotopic (exact) mass is 394 g/mol. The van der Waals surface area contributed by atoms with Crippen LogP contribution in [-0.4, -0.2) is 33.5 Å². The minimum atomic E-state index is -3.52. The van der Waals surface area contributed by atoms with Crippen LogP contribution in [0.4, 0.5) is 0 Å².